The predicted molar refractivity (Wildman–Crippen MR) is 79.7 cm³/mol. The van der Waals surface area contributed by atoms with Crippen LogP contribution in [0.2, 0.25) is 0 Å². The summed E-state index contributed by atoms with van der Waals surface area (Å²) in [6.07, 6.45) is 0. The van der Waals surface area contributed by atoms with Gasteiger partial charge in [0.1, 0.15) is 17.3 Å². The van der Waals surface area contributed by atoms with E-state index in [2.05, 4.69) is 11.4 Å². The Balaban J connectivity index is 2.28. The minimum absolute atomic E-state index is 0.0147. The lowest BCUT2D eigenvalue weighted by Crippen LogP contribution is -2.18. The average molecular weight is 284 g/mol. The van der Waals surface area contributed by atoms with E-state index in [4.69, 9.17) is 10.00 Å². The van der Waals surface area contributed by atoms with Gasteiger partial charge in [0.2, 0.25) is 0 Å². The lowest BCUT2D eigenvalue weighted by atomic mass is 10.1. The van der Waals surface area contributed by atoms with Crippen LogP contribution < -0.4 is 10.1 Å². The molecule has 0 fully saturated rings. The normalized spacial score (nSPS) is 11.7. The van der Waals surface area contributed by atoms with Gasteiger partial charge in [-0.2, -0.15) is 5.26 Å². The summed E-state index contributed by atoms with van der Waals surface area (Å²) in [7, 11) is 0. The molecule has 0 amide bonds. The molecule has 0 aromatic heterocycles. The average Bonchev–Trinajstić information content (AvgIpc) is 2.50. The first-order valence-corrected chi connectivity index (χ1v) is 6.85. The van der Waals surface area contributed by atoms with Crippen molar-refractivity contribution in [3.8, 4) is 17.6 Å². The van der Waals surface area contributed by atoms with Crippen LogP contribution in [0.3, 0.4) is 0 Å². The standard InChI is InChI=1S/C17H17FN2O/c1-3-20-12(2)16-10-14(18)6-9-17(16)21-15-7-4-13(11-19)5-8-15/h4-10,12,20H,3H2,1-2H3. The molecule has 0 aliphatic rings. The lowest BCUT2D eigenvalue weighted by Gasteiger charge is -2.17. The van der Waals surface area contributed by atoms with Gasteiger partial charge in [-0.3, -0.25) is 0 Å². The van der Waals surface area contributed by atoms with Crippen molar-refractivity contribution in [1.29, 1.82) is 5.26 Å². The van der Waals surface area contributed by atoms with Crippen LogP contribution in [0.5, 0.6) is 11.5 Å². The van der Waals surface area contributed by atoms with E-state index in [0.29, 0.717) is 17.1 Å². The molecule has 1 N–H and O–H groups in total. The van der Waals surface area contributed by atoms with Crippen molar-refractivity contribution in [1.82, 2.24) is 5.32 Å². The van der Waals surface area contributed by atoms with Gasteiger partial charge in [0.15, 0.2) is 0 Å². The first-order valence-electron chi connectivity index (χ1n) is 6.85. The highest BCUT2D eigenvalue weighted by Crippen LogP contribution is 2.30. The second-order valence-electron chi connectivity index (χ2n) is 4.70. The van der Waals surface area contributed by atoms with Gasteiger partial charge >= 0.3 is 0 Å². The van der Waals surface area contributed by atoms with Crippen LogP contribution in [-0.2, 0) is 0 Å². The van der Waals surface area contributed by atoms with Crippen LogP contribution in [0.25, 0.3) is 0 Å². The minimum atomic E-state index is -0.290. The summed E-state index contributed by atoms with van der Waals surface area (Å²) in [6, 6.07) is 13.3. The van der Waals surface area contributed by atoms with Crippen molar-refractivity contribution in [3.63, 3.8) is 0 Å². The Morgan fingerprint density at radius 1 is 1.24 bits per heavy atom. The number of nitrogens with zero attached hydrogens (tertiary/aromatic N) is 1. The van der Waals surface area contributed by atoms with Crippen LogP contribution >= 0.6 is 0 Å². The van der Waals surface area contributed by atoms with E-state index >= 15 is 0 Å². The number of nitriles is 1. The summed E-state index contributed by atoms with van der Waals surface area (Å²) in [5.41, 5.74) is 1.34. The molecular weight excluding hydrogens is 267 g/mol. The molecule has 2 rings (SSSR count). The molecule has 0 spiro atoms. The SMILES string of the molecule is CCNC(C)c1cc(F)ccc1Oc1ccc(C#N)cc1. The van der Waals surface area contributed by atoms with E-state index in [1.54, 1.807) is 30.3 Å². The van der Waals surface area contributed by atoms with Crippen LogP contribution in [0.4, 0.5) is 4.39 Å². The molecule has 2 aromatic rings. The van der Waals surface area contributed by atoms with Gasteiger partial charge in [-0.05, 0) is 55.9 Å². The Bertz CT molecular complexity index is 647. The maximum absolute atomic E-state index is 13.5. The van der Waals surface area contributed by atoms with Crippen molar-refractivity contribution in [2.24, 2.45) is 0 Å². The summed E-state index contributed by atoms with van der Waals surface area (Å²) < 4.78 is 19.3. The fourth-order valence-corrected chi connectivity index (χ4v) is 2.09. The number of nitrogens with one attached hydrogen (secondary N) is 1. The zero-order valence-corrected chi connectivity index (χ0v) is 12.1. The largest absolute Gasteiger partial charge is 0.457 e. The zero-order valence-electron chi connectivity index (χ0n) is 12.1. The van der Waals surface area contributed by atoms with E-state index in [9.17, 15) is 4.39 Å². The minimum Gasteiger partial charge on any atom is -0.457 e. The monoisotopic (exact) mass is 284 g/mol. The summed E-state index contributed by atoms with van der Waals surface area (Å²) >= 11 is 0. The van der Waals surface area contributed by atoms with Gasteiger partial charge in [0, 0.05) is 11.6 Å². The third-order valence-corrected chi connectivity index (χ3v) is 3.16. The molecule has 0 saturated carbocycles. The van der Waals surface area contributed by atoms with Crippen molar-refractivity contribution in [3.05, 3.63) is 59.4 Å². The number of halogens is 1. The molecule has 108 valence electrons. The van der Waals surface area contributed by atoms with Crippen LogP contribution in [0.15, 0.2) is 42.5 Å². The van der Waals surface area contributed by atoms with Gasteiger partial charge in [-0.1, -0.05) is 6.92 Å². The Labute approximate surface area is 124 Å². The number of ether oxygens (including phenoxy) is 1. The third kappa shape index (κ3) is 3.80. The molecule has 21 heavy (non-hydrogen) atoms. The Kier molecular flexibility index (Phi) is 4.91. The fourth-order valence-electron chi connectivity index (χ4n) is 2.09. The van der Waals surface area contributed by atoms with E-state index < -0.39 is 0 Å². The highest BCUT2D eigenvalue weighted by Gasteiger charge is 2.13. The van der Waals surface area contributed by atoms with E-state index in [1.807, 2.05) is 13.8 Å². The van der Waals surface area contributed by atoms with Gasteiger partial charge in [-0.25, -0.2) is 4.39 Å². The highest BCUT2D eigenvalue weighted by atomic mass is 19.1. The Morgan fingerprint density at radius 3 is 2.57 bits per heavy atom. The summed E-state index contributed by atoms with van der Waals surface area (Å²) in [4.78, 5) is 0. The predicted octanol–water partition coefficient (Wildman–Crippen LogP) is 4.16. The molecule has 0 bridgehead atoms. The molecule has 0 aliphatic heterocycles. The van der Waals surface area contributed by atoms with E-state index in [0.717, 1.165) is 12.1 Å². The van der Waals surface area contributed by atoms with Crippen LogP contribution in [0, 0.1) is 17.1 Å². The smallest absolute Gasteiger partial charge is 0.132 e. The van der Waals surface area contributed by atoms with Crippen LogP contribution in [0.1, 0.15) is 31.0 Å². The molecule has 1 atom stereocenters. The summed E-state index contributed by atoms with van der Waals surface area (Å²) in [5, 5.41) is 12.0. The van der Waals surface area contributed by atoms with Crippen molar-refractivity contribution < 1.29 is 9.13 Å². The number of benzene rings is 2. The van der Waals surface area contributed by atoms with E-state index in [1.165, 1.54) is 12.1 Å². The second-order valence-corrected chi connectivity index (χ2v) is 4.70. The number of rotatable bonds is 5. The Morgan fingerprint density at radius 2 is 1.95 bits per heavy atom. The van der Waals surface area contributed by atoms with Crippen molar-refractivity contribution in [2.75, 3.05) is 6.54 Å². The molecule has 4 heteroatoms. The first-order chi connectivity index (χ1) is 10.1. The highest BCUT2D eigenvalue weighted by molar-refractivity contribution is 5.41. The molecule has 0 saturated heterocycles. The molecule has 0 heterocycles. The lowest BCUT2D eigenvalue weighted by molar-refractivity contribution is 0.459. The first kappa shape index (κ1) is 15.0. The maximum atomic E-state index is 13.5. The van der Waals surface area contributed by atoms with Crippen molar-refractivity contribution in [2.45, 2.75) is 19.9 Å². The molecule has 2 aromatic carbocycles. The van der Waals surface area contributed by atoms with Crippen molar-refractivity contribution >= 4 is 0 Å². The third-order valence-electron chi connectivity index (χ3n) is 3.16. The topological polar surface area (TPSA) is 45.0 Å². The van der Waals surface area contributed by atoms with Gasteiger partial charge in [-0.15, -0.1) is 0 Å². The van der Waals surface area contributed by atoms with Gasteiger partial charge < -0.3 is 10.1 Å². The summed E-state index contributed by atoms with van der Waals surface area (Å²) in [5.74, 6) is 0.932. The second kappa shape index (κ2) is 6.87. The van der Waals surface area contributed by atoms with Crippen LogP contribution in [-0.4, -0.2) is 6.54 Å². The number of hydrogen-bond acceptors (Lipinski definition) is 3. The molecule has 0 aliphatic carbocycles. The molecular formula is C17H17FN2O. The van der Waals surface area contributed by atoms with Gasteiger partial charge in [0.25, 0.3) is 0 Å². The quantitative estimate of drug-likeness (QED) is 0.896. The zero-order chi connectivity index (χ0) is 15.2. The molecule has 3 nitrogen and oxygen atoms in total. The maximum Gasteiger partial charge on any atom is 0.132 e. The molecule has 0 radical (unpaired) electrons. The molecule has 1 unspecified atom stereocenters. The fraction of sp³-hybridized carbons (Fsp3) is 0.235. The number of hydrogen-bond donors (Lipinski definition) is 1. The Hall–Kier alpha value is -2.38. The van der Waals surface area contributed by atoms with Gasteiger partial charge in [0.05, 0.1) is 11.6 Å². The van der Waals surface area contributed by atoms with E-state index in [-0.39, 0.29) is 11.9 Å². The summed E-state index contributed by atoms with van der Waals surface area (Å²) in [6.45, 7) is 4.74.